The van der Waals surface area contributed by atoms with Crippen LogP contribution in [0.2, 0.25) is 0 Å². The molecule has 1 aliphatic rings. The first kappa shape index (κ1) is 18.1. The number of likely N-dealkylation sites (tertiary alicyclic amines) is 1. The van der Waals surface area contributed by atoms with E-state index in [2.05, 4.69) is 41.2 Å². The van der Waals surface area contributed by atoms with E-state index in [1.165, 1.54) is 11.8 Å². The minimum atomic E-state index is 0. The van der Waals surface area contributed by atoms with E-state index in [4.69, 9.17) is 4.42 Å². The third-order valence-electron chi connectivity index (χ3n) is 4.32. The van der Waals surface area contributed by atoms with Gasteiger partial charge in [-0.25, -0.2) is 0 Å². The Morgan fingerprint density at radius 2 is 2.13 bits per heavy atom. The quantitative estimate of drug-likeness (QED) is 0.459. The number of halogens is 1. The van der Waals surface area contributed by atoms with Gasteiger partial charge in [0.15, 0.2) is 5.96 Å². The average Bonchev–Trinajstić information content (AvgIpc) is 3.06. The van der Waals surface area contributed by atoms with E-state index in [1.807, 2.05) is 25.2 Å². The van der Waals surface area contributed by atoms with E-state index >= 15 is 0 Å². The summed E-state index contributed by atoms with van der Waals surface area (Å²) < 4.78 is 5.85. The summed E-state index contributed by atoms with van der Waals surface area (Å²) in [6, 6.07) is 10.3. The second-order valence-electron chi connectivity index (χ2n) is 6.81. The van der Waals surface area contributed by atoms with E-state index in [9.17, 15) is 0 Å². The number of rotatable bonds is 3. The molecule has 5 heteroatoms. The molecule has 2 heterocycles. The molecule has 23 heavy (non-hydrogen) atoms. The minimum Gasteiger partial charge on any atom is -0.461 e. The summed E-state index contributed by atoms with van der Waals surface area (Å²) in [6.45, 7) is 7.61. The average molecular weight is 427 g/mol. The molecule has 126 valence electrons. The molecule has 1 N–H and O–H groups in total. The third-order valence-corrected chi connectivity index (χ3v) is 4.32. The fourth-order valence-corrected chi connectivity index (χ4v) is 3.08. The number of furan rings is 1. The van der Waals surface area contributed by atoms with Gasteiger partial charge < -0.3 is 14.6 Å². The number of para-hydroxylation sites is 1. The predicted molar refractivity (Wildman–Crippen MR) is 107 cm³/mol. The topological polar surface area (TPSA) is 40.8 Å². The molecule has 0 atom stereocenters. The van der Waals surface area contributed by atoms with Crippen LogP contribution in [0.5, 0.6) is 0 Å². The van der Waals surface area contributed by atoms with Crippen molar-refractivity contribution in [3.63, 3.8) is 0 Å². The summed E-state index contributed by atoms with van der Waals surface area (Å²) in [6.07, 6.45) is 2.09. The SMILES string of the molecule is CN=C(NCCc1cc2ccccc2o1)N1CCC(C)(C)C1.I. The molecule has 2 aromatic rings. The van der Waals surface area contributed by atoms with E-state index in [0.29, 0.717) is 5.41 Å². The molecule has 0 aliphatic carbocycles. The fraction of sp³-hybridized carbons (Fsp3) is 0.500. The van der Waals surface area contributed by atoms with E-state index in [-0.39, 0.29) is 24.0 Å². The minimum absolute atomic E-state index is 0. The Hall–Kier alpha value is -1.24. The summed E-state index contributed by atoms with van der Waals surface area (Å²) in [5.41, 5.74) is 1.35. The van der Waals surface area contributed by atoms with Crippen molar-refractivity contribution in [2.45, 2.75) is 26.7 Å². The van der Waals surface area contributed by atoms with Crippen LogP contribution in [0.3, 0.4) is 0 Å². The second-order valence-corrected chi connectivity index (χ2v) is 6.81. The van der Waals surface area contributed by atoms with Crippen LogP contribution >= 0.6 is 24.0 Å². The van der Waals surface area contributed by atoms with Gasteiger partial charge in [-0.2, -0.15) is 0 Å². The number of fused-ring (bicyclic) bond motifs is 1. The van der Waals surface area contributed by atoms with Gasteiger partial charge in [0.1, 0.15) is 11.3 Å². The molecule has 0 saturated carbocycles. The molecule has 1 fully saturated rings. The molecule has 0 bridgehead atoms. The van der Waals surface area contributed by atoms with Crippen molar-refractivity contribution in [2.24, 2.45) is 10.4 Å². The summed E-state index contributed by atoms with van der Waals surface area (Å²) in [7, 11) is 1.86. The van der Waals surface area contributed by atoms with Gasteiger partial charge in [-0.05, 0) is 24.0 Å². The molecule has 0 spiro atoms. The van der Waals surface area contributed by atoms with Gasteiger partial charge in [-0.15, -0.1) is 24.0 Å². The predicted octanol–water partition coefficient (Wildman–Crippen LogP) is 3.90. The van der Waals surface area contributed by atoms with E-state index in [0.717, 1.165) is 43.4 Å². The van der Waals surface area contributed by atoms with E-state index < -0.39 is 0 Å². The van der Waals surface area contributed by atoms with Crippen LogP contribution < -0.4 is 5.32 Å². The highest BCUT2D eigenvalue weighted by Gasteiger charge is 2.30. The lowest BCUT2D eigenvalue weighted by Crippen LogP contribution is -2.41. The van der Waals surface area contributed by atoms with Crippen molar-refractivity contribution < 1.29 is 4.42 Å². The molecule has 1 aromatic heterocycles. The highest BCUT2D eigenvalue weighted by atomic mass is 127. The molecule has 1 aliphatic heterocycles. The summed E-state index contributed by atoms with van der Waals surface area (Å²) in [5.74, 6) is 2.02. The van der Waals surface area contributed by atoms with Gasteiger partial charge in [0.25, 0.3) is 0 Å². The van der Waals surface area contributed by atoms with Gasteiger partial charge in [0, 0.05) is 38.5 Å². The highest BCUT2D eigenvalue weighted by Crippen LogP contribution is 2.28. The van der Waals surface area contributed by atoms with Crippen molar-refractivity contribution in [1.29, 1.82) is 0 Å². The van der Waals surface area contributed by atoms with Gasteiger partial charge in [-0.1, -0.05) is 32.0 Å². The fourth-order valence-electron chi connectivity index (χ4n) is 3.08. The number of nitrogens with one attached hydrogen (secondary N) is 1. The number of aliphatic imine (C=N–C) groups is 1. The zero-order chi connectivity index (χ0) is 15.6. The Labute approximate surface area is 155 Å². The number of guanidine groups is 1. The molecular formula is C18H26IN3O. The molecule has 3 rings (SSSR count). The van der Waals surface area contributed by atoms with Crippen molar-refractivity contribution in [3.05, 3.63) is 36.1 Å². The molecule has 0 unspecified atom stereocenters. The smallest absolute Gasteiger partial charge is 0.193 e. The maximum absolute atomic E-state index is 5.85. The van der Waals surface area contributed by atoms with Crippen LogP contribution in [0.1, 0.15) is 26.0 Å². The van der Waals surface area contributed by atoms with Crippen molar-refractivity contribution in [2.75, 3.05) is 26.7 Å². The third kappa shape index (κ3) is 4.40. The Kier molecular flexibility index (Phi) is 5.95. The summed E-state index contributed by atoms with van der Waals surface area (Å²) in [5, 5.41) is 4.63. The maximum atomic E-state index is 5.85. The van der Waals surface area contributed by atoms with Crippen LogP contribution in [0.15, 0.2) is 39.7 Å². The van der Waals surface area contributed by atoms with Crippen molar-refractivity contribution >= 4 is 40.9 Å². The van der Waals surface area contributed by atoms with Crippen LogP contribution in [-0.4, -0.2) is 37.5 Å². The lowest BCUT2D eigenvalue weighted by Gasteiger charge is -2.23. The second kappa shape index (κ2) is 7.55. The van der Waals surface area contributed by atoms with Gasteiger partial charge >= 0.3 is 0 Å². The van der Waals surface area contributed by atoms with Crippen LogP contribution in [0.4, 0.5) is 0 Å². The van der Waals surface area contributed by atoms with Gasteiger partial charge in [0.05, 0.1) is 0 Å². The standard InChI is InChI=1S/C18H25N3O.HI/c1-18(2)9-11-21(13-18)17(19-3)20-10-8-15-12-14-6-4-5-7-16(14)22-15;/h4-7,12H,8-11,13H2,1-3H3,(H,19,20);1H. The van der Waals surface area contributed by atoms with Gasteiger partial charge in [0.2, 0.25) is 0 Å². The van der Waals surface area contributed by atoms with Gasteiger partial charge in [-0.3, -0.25) is 4.99 Å². The van der Waals surface area contributed by atoms with E-state index in [1.54, 1.807) is 0 Å². The maximum Gasteiger partial charge on any atom is 0.193 e. The largest absolute Gasteiger partial charge is 0.461 e. The zero-order valence-electron chi connectivity index (χ0n) is 14.1. The van der Waals surface area contributed by atoms with Crippen LogP contribution in [0, 0.1) is 5.41 Å². The molecule has 1 aromatic carbocycles. The normalized spacial score (nSPS) is 17.3. The molecule has 1 saturated heterocycles. The first-order valence-electron chi connectivity index (χ1n) is 8.00. The lowest BCUT2D eigenvalue weighted by atomic mass is 9.93. The lowest BCUT2D eigenvalue weighted by molar-refractivity contribution is 0.370. The number of hydrogen-bond donors (Lipinski definition) is 1. The summed E-state index contributed by atoms with van der Waals surface area (Å²) in [4.78, 5) is 6.76. The number of benzene rings is 1. The molecule has 0 radical (unpaired) electrons. The molecular weight excluding hydrogens is 401 g/mol. The Bertz CT molecular complexity index is 645. The number of hydrogen-bond acceptors (Lipinski definition) is 2. The summed E-state index contributed by atoms with van der Waals surface area (Å²) >= 11 is 0. The Balaban J connectivity index is 0.00000192. The van der Waals surface area contributed by atoms with Crippen molar-refractivity contribution in [1.82, 2.24) is 10.2 Å². The Morgan fingerprint density at radius 1 is 1.35 bits per heavy atom. The van der Waals surface area contributed by atoms with Crippen molar-refractivity contribution in [3.8, 4) is 0 Å². The van der Waals surface area contributed by atoms with Crippen LogP contribution in [-0.2, 0) is 6.42 Å². The molecule has 4 nitrogen and oxygen atoms in total. The Morgan fingerprint density at radius 3 is 2.78 bits per heavy atom. The zero-order valence-corrected chi connectivity index (χ0v) is 16.5. The monoisotopic (exact) mass is 427 g/mol. The van der Waals surface area contributed by atoms with Crippen LogP contribution in [0.25, 0.3) is 11.0 Å². The first-order valence-corrected chi connectivity index (χ1v) is 8.00. The molecule has 0 amide bonds. The first-order chi connectivity index (χ1) is 10.6. The highest BCUT2D eigenvalue weighted by molar-refractivity contribution is 14.0. The number of nitrogens with zero attached hydrogens (tertiary/aromatic N) is 2.